The molecule has 0 amide bonds. The Morgan fingerprint density at radius 1 is 1.33 bits per heavy atom. The monoisotopic (exact) mass is 166 g/mol. The average Bonchev–Trinajstić information content (AvgIpc) is 2.07. The Morgan fingerprint density at radius 3 is 2.00 bits per heavy atom. The van der Waals surface area contributed by atoms with E-state index >= 15 is 0 Å². The zero-order chi connectivity index (χ0) is 9.40. The van der Waals surface area contributed by atoms with Crippen molar-refractivity contribution in [2.24, 2.45) is 0 Å². The van der Waals surface area contributed by atoms with Crippen LogP contribution < -0.4 is 0 Å². The van der Waals surface area contributed by atoms with Crippen LogP contribution in [-0.2, 0) is 0 Å². The zero-order valence-corrected chi connectivity index (χ0v) is 6.47. The fourth-order valence-corrected chi connectivity index (χ4v) is 0.581. The van der Waals surface area contributed by atoms with Crippen molar-refractivity contribution in [3.05, 3.63) is 48.7 Å². The summed E-state index contributed by atoms with van der Waals surface area (Å²) in [6.07, 6.45) is 0.750. The second-order valence-corrected chi connectivity index (χ2v) is 1.85. The highest BCUT2D eigenvalue weighted by Crippen LogP contribution is 1.96. The maximum absolute atomic E-state index is 10.2. The Bertz CT molecular complexity index is 241. The van der Waals surface area contributed by atoms with E-state index in [9.17, 15) is 4.79 Å². The van der Waals surface area contributed by atoms with E-state index in [2.05, 4.69) is 6.58 Å². The molecular weight excluding hydrogens is 156 g/mol. The third-order valence-corrected chi connectivity index (χ3v) is 1.02. The van der Waals surface area contributed by atoms with Gasteiger partial charge in [-0.1, -0.05) is 24.8 Å². The van der Waals surface area contributed by atoms with E-state index in [1.54, 1.807) is 30.3 Å². The van der Waals surface area contributed by atoms with Crippen molar-refractivity contribution in [3.63, 3.8) is 0 Å². The fourth-order valence-electron chi connectivity index (χ4n) is 0.581. The van der Waals surface area contributed by atoms with Gasteiger partial charge in [0, 0.05) is 0 Å². The molecule has 0 aliphatic heterocycles. The van der Waals surface area contributed by atoms with Crippen LogP contribution in [-0.4, -0.2) is 16.2 Å². The normalized spacial score (nSPS) is 7.67. The van der Waals surface area contributed by atoms with Crippen LogP contribution in [0.4, 0.5) is 0 Å². The number of aromatic carboxylic acids is 1. The highest BCUT2D eigenvalue weighted by Gasteiger charge is 1.96. The van der Waals surface area contributed by atoms with Crippen molar-refractivity contribution < 1.29 is 15.0 Å². The molecule has 1 aromatic rings. The molecule has 0 bridgehead atoms. The van der Waals surface area contributed by atoms with E-state index < -0.39 is 5.97 Å². The Labute approximate surface area is 70.6 Å². The van der Waals surface area contributed by atoms with Crippen LogP contribution in [0, 0.1) is 0 Å². The van der Waals surface area contributed by atoms with Gasteiger partial charge in [-0.25, -0.2) is 4.79 Å². The molecule has 0 aliphatic rings. The second kappa shape index (κ2) is 5.97. The third kappa shape index (κ3) is 4.11. The summed E-state index contributed by atoms with van der Waals surface area (Å²) in [5, 5.41) is 15.7. The maximum atomic E-state index is 10.2. The topological polar surface area (TPSA) is 57.5 Å². The first-order valence-corrected chi connectivity index (χ1v) is 3.25. The summed E-state index contributed by atoms with van der Waals surface area (Å²) in [7, 11) is 0. The number of carboxylic acid groups (broad SMARTS) is 1. The minimum atomic E-state index is -0.879. The van der Waals surface area contributed by atoms with Crippen molar-refractivity contribution in [3.8, 4) is 0 Å². The molecule has 0 atom stereocenters. The second-order valence-electron chi connectivity index (χ2n) is 1.85. The van der Waals surface area contributed by atoms with E-state index in [1.807, 2.05) is 0 Å². The molecule has 0 saturated carbocycles. The molecule has 0 unspecified atom stereocenters. The number of carboxylic acids is 1. The predicted molar refractivity (Wildman–Crippen MR) is 46.2 cm³/mol. The third-order valence-electron chi connectivity index (χ3n) is 1.02. The lowest BCUT2D eigenvalue weighted by molar-refractivity contribution is 0.0697. The SMILES string of the molecule is C=CO.O=C(O)c1ccccc1. The van der Waals surface area contributed by atoms with Crippen molar-refractivity contribution in [1.29, 1.82) is 0 Å². The van der Waals surface area contributed by atoms with Gasteiger partial charge in [0.25, 0.3) is 0 Å². The lowest BCUT2D eigenvalue weighted by atomic mass is 10.2. The van der Waals surface area contributed by atoms with Crippen LogP contribution in [0.5, 0.6) is 0 Å². The average molecular weight is 166 g/mol. The molecule has 0 spiro atoms. The highest BCUT2D eigenvalue weighted by atomic mass is 16.4. The smallest absolute Gasteiger partial charge is 0.335 e. The molecule has 12 heavy (non-hydrogen) atoms. The Morgan fingerprint density at radius 2 is 1.75 bits per heavy atom. The van der Waals surface area contributed by atoms with E-state index in [1.165, 1.54) is 0 Å². The maximum Gasteiger partial charge on any atom is 0.335 e. The molecule has 3 heteroatoms. The molecule has 0 fully saturated rings. The molecule has 64 valence electrons. The first-order chi connectivity index (χ1) is 5.72. The number of rotatable bonds is 1. The number of benzene rings is 1. The van der Waals surface area contributed by atoms with E-state index in [-0.39, 0.29) is 0 Å². The summed E-state index contributed by atoms with van der Waals surface area (Å²) < 4.78 is 0. The number of aliphatic hydroxyl groups is 1. The fraction of sp³-hybridized carbons (Fsp3) is 0. The van der Waals surface area contributed by atoms with Gasteiger partial charge in [0.05, 0.1) is 11.8 Å². The van der Waals surface area contributed by atoms with Gasteiger partial charge in [0.1, 0.15) is 0 Å². The number of hydrogen-bond acceptors (Lipinski definition) is 2. The number of hydrogen-bond donors (Lipinski definition) is 2. The standard InChI is InChI=1S/C7H6O2.C2H4O/c8-7(9)6-4-2-1-3-5-6;1-2-3/h1-5H,(H,8,9);2-3H,1H2. The summed E-state index contributed by atoms with van der Waals surface area (Å²) in [4.78, 5) is 10.2. The van der Waals surface area contributed by atoms with Crippen LogP contribution in [0.1, 0.15) is 10.4 Å². The minimum absolute atomic E-state index is 0.331. The molecule has 2 N–H and O–H groups in total. The summed E-state index contributed by atoms with van der Waals surface area (Å²) in [5.74, 6) is -0.879. The zero-order valence-electron chi connectivity index (χ0n) is 6.47. The van der Waals surface area contributed by atoms with Gasteiger partial charge in [-0.15, -0.1) is 0 Å². The van der Waals surface area contributed by atoms with Gasteiger partial charge in [-0.2, -0.15) is 0 Å². The molecule has 3 nitrogen and oxygen atoms in total. The highest BCUT2D eigenvalue weighted by molar-refractivity contribution is 5.87. The van der Waals surface area contributed by atoms with Crippen LogP contribution in [0.3, 0.4) is 0 Å². The molecule has 0 radical (unpaired) electrons. The van der Waals surface area contributed by atoms with Gasteiger partial charge >= 0.3 is 5.97 Å². The lowest BCUT2D eigenvalue weighted by Crippen LogP contribution is -1.93. The Hall–Kier alpha value is -1.77. The van der Waals surface area contributed by atoms with Crippen molar-refractivity contribution in [2.45, 2.75) is 0 Å². The van der Waals surface area contributed by atoms with Crippen molar-refractivity contribution in [1.82, 2.24) is 0 Å². The van der Waals surface area contributed by atoms with Gasteiger partial charge in [-0.05, 0) is 12.1 Å². The molecule has 0 heterocycles. The summed E-state index contributed by atoms with van der Waals surface area (Å²) >= 11 is 0. The van der Waals surface area contributed by atoms with Crippen LogP contribution in [0.15, 0.2) is 43.2 Å². The molecule has 0 aliphatic carbocycles. The molecule has 1 rings (SSSR count). The first-order valence-electron chi connectivity index (χ1n) is 3.25. The molecule has 0 aromatic heterocycles. The van der Waals surface area contributed by atoms with Crippen LogP contribution >= 0.6 is 0 Å². The first kappa shape index (κ1) is 10.2. The quantitative estimate of drug-likeness (QED) is 0.628. The summed E-state index contributed by atoms with van der Waals surface area (Å²) in [6.45, 7) is 2.92. The largest absolute Gasteiger partial charge is 0.516 e. The van der Waals surface area contributed by atoms with Gasteiger partial charge in [0.15, 0.2) is 0 Å². The van der Waals surface area contributed by atoms with Crippen molar-refractivity contribution in [2.75, 3.05) is 0 Å². The minimum Gasteiger partial charge on any atom is -0.516 e. The van der Waals surface area contributed by atoms with Crippen LogP contribution in [0.25, 0.3) is 0 Å². The van der Waals surface area contributed by atoms with Gasteiger partial charge in [0.2, 0.25) is 0 Å². The van der Waals surface area contributed by atoms with Crippen LogP contribution in [0.2, 0.25) is 0 Å². The summed E-state index contributed by atoms with van der Waals surface area (Å²) in [6, 6.07) is 8.30. The van der Waals surface area contributed by atoms with Crippen molar-refractivity contribution >= 4 is 5.97 Å². The molecule has 1 aromatic carbocycles. The molecular formula is C9H10O3. The van der Waals surface area contributed by atoms with Gasteiger partial charge < -0.3 is 10.2 Å². The lowest BCUT2D eigenvalue weighted by Gasteiger charge is -1.88. The van der Waals surface area contributed by atoms with E-state index in [0.717, 1.165) is 6.26 Å². The van der Waals surface area contributed by atoms with Gasteiger partial charge in [-0.3, -0.25) is 0 Å². The number of aliphatic hydroxyl groups excluding tert-OH is 1. The van der Waals surface area contributed by atoms with E-state index in [4.69, 9.17) is 10.2 Å². The molecule has 0 saturated heterocycles. The summed E-state index contributed by atoms with van der Waals surface area (Å²) in [5.41, 5.74) is 0.331. The Kier molecular flexibility index (Phi) is 5.09. The van der Waals surface area contributed by atoms with E-state index in [0.29, 0.717) is 5.56 Å². The Balaban J connectivity index is 0.000000354. The predicted octanol–water partition coefficient (Wildman–Crippen LogP) is 2.07. The number of carbonyl (C=O) groups is 1.